The van der Waals surface area contributed by atoms with Gasteiger partial charge in [0, 0.05) is 38.9 Å². The number of nitrogens with zero attached hydrogens (tertiary/aromatic N) is 3. The lowest BCUT2D eigenvalue weighted by molar-refractivity contribution is -0.000764. The maximum Gasteiger partial charge on any atom is 0.129 e. The molecule has 4 rings (SSSR count). The standard InChI is InChI=1S/C26H30ClN3O2/c27-25-12-11-21(17-28-25)19-32-20-24(31)18-29-13-15-30(16-14-29)26(22-7-3-1-4-8-22)23-9-5-2-6-10-23/h1-12,17,24,26,31H,13-16,18-20H2. The Hall–Kier alpha value is -2.28. The van der Waals surface area contributed by atoms with Gasteiger partial charge >= 0.3 is 0 Å². The Morgan fingerprint density at radius 2 is 1.50 bits per heavy atom. The van der Waals surface area contributed by atoms with Crippen LogP contribution in [0.2, 0.25) is 5.15 Å². The zero-order valence-corrected chi connectivity index (χ0v) is 18.9. The molecule has 32 heavy (non-hydrogen) atoms. The van der Waals surface area contributed by atoms with E-state index in [9.17, 15) is 5.11 Å². The molecule has 0 radical (unpaired) electrons. The summed E-state index contributed by atoms with van der Waals surface area (Å²) in [7, 11) is 0. The van der Waals surface area contributed by atoms with Gasteiger partial charge in [0.1, 0.15) is 5.15 Å². The monoisotopic (exact) mass is 451 g/mol. The van der Waals surface area contributed by atoms with Crippen molar-refractivity contribution in [3.8, 4) is 0 Å². The number of β-amino-alcohol motifs (C(OH)–C–C–N with tert-alkyl or cyclic N) is 1. The van der Waals surface area contributed by atoms with Crippen molar-refractivity contribution in [2.45, 2.75) is 18.8 Å². The summed E-state index contributed by atoms with van der Waals surface area (Å²) in [5.41, 5.74) is 3.58. The largest absolute Gasteiger partial charge is 0.389 e. The van der Waals surface area contributed by atoms with Crippen LogP contribution in [-0.4, -0.2) is 65.3 Å². The van der Waals surface area contributed by atoms with Crippen LogP contribution in [0.1, 0.15) is 22.7 Å². The number of aliphatic hydroxyl groups excluding tert-OH is 1. The van der Waals surface area contributed by atoms with Gasteiger partial charge in [-0.1, -0.05) is 78.3 Å². The SMILES string of the molecule is OC(COCc1ccc(Cl)nc1)CN1CCN(C(c2ccccc2)c2ccccc2)CC1. The third kappa shape index (κ3) is 6.37. The molecule has 1 unspecified atom stereocenters. The summed E-state index contributed by atoms with van der Waals surface area (Å²) in [6, 6.07) is 25.3. The van der Waals surface area contributed by atoms with Gasteiger partial charge in [-0.2, -0.15) is 0 Å². The Morgan fingerprint density at radius 3 is 2.06 bits per heavy atom. The summed E-state index contributed by atoms with van der Waals surface area (Å²) in [5, 5.41) is 10.9. The topological polar surface area (TPSA) is 48.8 Å². The lowest BCUT2D eigenvalue weighted by Gasteiger charge is -2.40. The van der Waals surface area contributed by atoms with Gasteiger partial charge in [-0.15, -0.1) is 0 Å². The van der Waals surface area contributed by atoms with Crippen molar-refractivity contribution in [2.24, 2.45) is 0 Å². The van der Waals surface area contributed by atoms with Crippen LogP contribution in [0.15, 0.2) is 79.0 Å². The third-order valence-electron chi connectivity index (χ3n) is 5.84. The summed E-state index contributed by atoms with van der Waals surface area (Å²) < 4.78 is 5.67. The second-order valence-electron chi connectivity index (χ2n) is 8.22. The van der Waals surface area contributed by atoms with Gasteiger partial charge < -0.3 is 9.84 Å². The van der Waals surface area contributed by atoms with E-state index >= 15 is 0 Å². The highest BCUT2D eigenvalue weighted by molar-refractivity contribution is 6.29. The van der Waals surface area contributed by atoms with E-state index in [0.717, 1.165) is 31.7 Å². The van der Waals surface area contributed by atoms with Crippen LogP contribution >= 0.6 is 11.6 Å². The van der Waals surface area contributed by atoms with E-state index in [-0.39, 0.29) is 6.04 Å². The second-order valence-corrected chi connectivity index (χ2v) is 8.61. The molecule has 3 aromatic rings. The predicted octanol–water partition coefficient (Wildman–Crippen LogP) is 4.02. The predicted molar refractivity (Wildman–Crippen MR) is 128 cm³/mol. The number of benzene rings is 2. The summed E-state index contributed by atoms with van der Waals surface area (Å²) in [5.74, 6) is 0. The third-order valence-corrected chi connectivity index (χ3v) is 6.06. The van der Waals surface area contributed by atoms with Crippen LogP contribution in [-0.2, 0) is 11.3 Å². The van der Waals surface area contributed by atoms with Gasteiger partial charge in [-0.3, -0.25) is 9.80 Å². The van der Waals surface area contributed by atoms with E-state index in [2.05, 4.69) is 75.4 Å². The van der Waals surface area contributed by atoms with Gasteiger partial charge in [0.15, 0.2) is 0 Å². The Bertz CT molecular complexity index is 893. The molecule has 1 aliphatic heterocycles. The van der Waals surface area contributed by atoms with Crippen molar-refractivity contribution in [3.05, 3.63) is 101 Å². The second kappa shape index (κ2) is 11.5. The maximum absolute atomic E-state index is 10.4. The highest BCUT2D eigenvalue weighted by Crippen LogP contribution is 2.29. The quantitative estimate of drug-likeness (QED) is 0.498. The molecule has 1 saturated heterocycles. The molecule has 1 atom stereocenters. The van der Waals surface area contributed by atoms with Crippen LogP contribution < -0.4 is 0 Å². The van der Waals surface area contributed by atoms with E-state index in [4.69, 9.17) is 16.3 Å². The maximum atomic E-state index is 10.4. The van der Waals surface area contributed by atoms with Crippen molar-refractivity contribution < 1.29 is 9.84 Å². The zero-order valence-electron chi connectivity index (χ0n) is 18.2. The van der Waals surface area contributed by atoms with Crippen LogP contribution in [0.25, 0.3) is 0 Å². The number of aromatic nitrogens is 1. The molecule has 5 nitrogen and oxygen atoms in total. The number of ether oxygens (including phenoxy) is 1. The van der Waals surface area contributed by atoms with Crippen molar-refractivity contribution >= 4 is 11.6 Å². The molecule has 2 heterocycles. The van der Waals surface area contributed by atoms with Gasteiger partial charge in [-0.05, 0) is 22.8 Å². The smallest absolute Gasteiger partial charge is 0.129 e. The lowest BCUT2D eigenvalue weighted by Crippen LogP contribution is -2.50. The van der Waals surface area contributed by atoms with Crippen LogP contribution in [0, 0.1) is 0 Å². The van der Waals surface area contributed by atoms with Crippen LogP contribution in [0.5, 0.6) is 0 Å². The normalized spacial score (nSPS) is 16.3. The highest BCUT2D eigenvalue weighted by Gasteiger charge is 2.27. The zero-order chi connectivity index (χ0) is 22.2. The first kappa shape index (κ1) is 22.9. The van der Waals surface area contributed by atoms with Crippen molar-refractivity contribution in [1.29, 1.82) is 0 Å². The molecule has 1 fully saturated rings. The van der Waals surface area contributed by atoms with Gasteiger partial charge in [0.2, 0.25) is 0 Å². The van der Waals surface area contributed by atoms with Crippen LogP contribution in [0.3, 0.4) is 0 Å². The Labute approximate surface area is 195 Å². The molecule has 0 bridgehead atoms. The lowest BCUT2D eigenvalue weighted by atomic mass is 9.96. The van der Waals surface area contributed by atoms with Gasteiger partial charge in [0.05, 0.1) is 25.4 Å². The molecule has 0 amide bonds. The van der Waals surface area contributed by atoms with Crippen molar-refractivity contribution in [1.82, 2.24) is 14.8 Å². The highest BCUT2D eigenvalue weighted by atomic mass is 35.5. The summed E-state index contributed by atoms with van der Waals surface area (Å²) in [6.07, 6.45) is 1.19. The van der Waals surface area contributed by atoms with Gasteiger partial charge in [-0.25, -0.2) is 4.98 Å². The minimum Gasteiger partial charge on any atom is -0.389 e. The van der Waals surface area contributed by atoms with E-state index < -0.39 is 6.10 Å². The molecule has 0 spiro atoms. The summed E-state index contributed by atoms with van der Waals surface area (Å²) in [4.78, 5) is 8.91. The van der Waals surface area contributed by atoms with E-state index in [1.165, 1.54) is 11.1 Å². The molecular formula is C26H30ClN3O2. The average molecular weight is 452 g/mol. The molecule has 0 aliphatic carbocycles. The van der Waals surface area contributed by atoms with Crippen molar-refractivity contribution in [2.75, 3.05) is 39.3 Å². The molecular weight excluding hydrogens is 422 g/mol. The van der Waals surface area contributed by atoms with E-state index in [1.54, 1.807) is 12.3 Å². The Balaban J connectivity index is 1.27. The summed E-state index contributed by atoms with van der Waals surface area (Å²) >= 11 is 5.80. The minimum atomic E-state index is -0.513. The molecule has 1 aromatic heterocycles. The number of pyridine rings is 1. The first-order valence-electron chi connectivity index (χ1n) is 11.1. The number of rotatable bonds is 9. The summed E-state index contributed by atoms with van der Waals surface area (Å²) in [6.45, 7) is 5.11. The fourth-order valence-electron chi connectivity index (χ4n) is 4.24. The number of aliphatic hydroxyl groups is 1. The first-order chi connectivity index (χ1) is 15.7. The molecule has 6 heteroatoms. The molecule has 168 valence electrons. The van der Waals surface area contributed by atoms with Gasteiger partial charge in [0.25, 0.3) is 0 Å². The first-order valence-corrected chi connectivity index (χ1v) is 11.5. The van der Waals surface area contributed by atoms with Crippen molar-refractivity contribution in [3.63, 3.8) is 0 Å². The number of piperazine rings is 1. The van der Waals surface area contributed by atoms with E-state index in [1.807, 2.05) is 6.07 Å². The Kier molecular flexibility index (Phi) is 8.26. The Morgan fingerprint density at radius 1 is 0.875 bits per heavy atom. The van der Waals surface area contributed by atoms with E-state index in [0.29, 0.717) is 24.9 Å². The fourth-order valence-corrected chi connectivity index (χ4v) is 4.36. The van der Waals surface area contributed by atoms with Crippen LogP contribution in [0.4, 0.5) is 0 Å². The number of hydrogen-bond acceptors (Lipinski definition) is 5. The number of halogens is 1. The molecule has 2 aromatic carbocycles. The minimum absolute atomic E-state index is 0.251. The molecule has 0 saturated carbocycles. The molecule has 1 aliphatic rings. The molecule has 1 N–H and O–H groups in total. The fraction of sp³-hybridized carbons (Fsp3) is 0.346. The average Bonchev–Trinajstić information content (AvgIpc) is 2.83. The number of hydrogen-bond donors (Lipinski definition) is 1.